The summed E-state index contributed by atoms with van der Waals surface area (Å²) in [4.78, 5) is 22.6. The van der Waals surface area contributed by atoms with Crippen LogP contribution in [0.2, 0.25) is 5.02 Å². The van der Waals surface area contributed by atoms with E-state index in [-0.39, 0.29) is 58.1 Å². The summed E-state index contributed by atoms with van der Waals surface area (Å²) in [5.74, 6) is -0.407. The Morgan fingerprint density at radius 1 is 1.22 bits per heavy atom. The Labute approximate surface area is 183 Å². The Hall–Kier alpha value is 0.0464. The molecule has 0 aliphatic heterocycles. The molecule has 0 unspecified atom stereocenters. The average molecular weight is 366 g/mol. The first-order chi connectivity index (χ1) is 10.7. The van der Waals surface area contributed by atoms with Crippen LogP contribution in [0.5, 0.6) is 0 Å². The van der Waals surface area contributed by atoms with Crippen LogP contribution in [-0.4, -0.2) is 76.1 Å². The molecule has 1 aromatic rings. The summed E-state index contributed by atoms with van der Waals surface area (Å²) in [6.07, 6.45) is 4.72. The number of ether oxygens (including phenoxy) is 2. The monoisotopic (exact) mass is 365 g/mol. The van der Waals surface area contributed by atoms with Crippen LogP contribution in [-0.2, 0) is 25.7 Å². The van der Waals surface area contributed by atoms with E-state index in [0.29, 0.717) is 30.9 Å². The summed E-state index contributed by atoms with van der Waals surface area (Å²) in [6.45, 7) is 0.196. The van der Waals surface area contributed by atoms with Crippen molar-refractivity contribution in [1.29, 1.82) is 0 Å². The minimum absolute atomic E-state index is 0. The second-order valence-electron chi connectivity index (χ2n) is 5.37. The van der Waals surface area contributed by atoms with Gasteiger partial charge in [0, 0.05) is 5.02 Å². The van der Waals surface area contributed by atoms with Crippen molar-refractivity contribution in [3.05, 3.63) is 34.9 Å². The molecule has 1 saturated carbocycles. The third-order valence-corrected chi connectivity index (χ3v) is 4.08. The molecule has 23 heavy (non-hydrogen) atoms. The molecule has 1 aliphatic carbocycles. The minimum atomic E-state index is -0.914. The summed E-state index contributed by atoms with van der Waals surface area (Å²) in [7, 11) is 0. The number of nitrogens with one attached hydrogen (secondary N) is 1. The van der Waals surface area contributed by atoms with E-state index >= 15 is 0 Å². The van der Waals surface area contributed by atoms with Gasteiger partial charge in [-0.2, -0.15) is 0 Å². The van der Waals surface area contributed by atoms with Gasteiger partial charge in [0.2, 0.25) is 6.41 Å². The molecule has 7 heteroatoms. The molecular weight excluding hydrogens is 345 g/mol. The fraction of sp³-hybridized carbons (Fsp3) is 0.500. The Bertz CT molecular complexity index is 503. The first-order valence-corrected chi connectivity index (χ1v) is 7.77. The van der Waals surface area contributed by atoms with Crippen LogP contribution in [0.4, 0.5) is 0 Å². The molecular formula is C16H21ClKNO4. The van der Waals surface area contributed by atoms with Gasteiger partial charge in [-0.15, -0.1) is 0 Å². The SMILES string of the molecule is O=CNCOC(=O)C1(OCc2ccc(Cl)cc2)CCCCC1.[KH]. The van der Waals surface area contributed by atoms with E-state index < -0.39 is 11.6 Å². The molecule has 0 saturated heterocycles. The van der Waals surface area contributed by atoms with Crippen LogP contribution >= 0.6 is 11.6 Å². The summed E-state index contributed by atoms with van der Waals surface area (Å²) in [5, 5.41) is 2.98. The van der Waals surface area contributed by atoms with Crippen molar-refractivity contribution in [2.75, 3.05) is 6.73 Å². The average Bonchev–Trinajstić information content (AvgIpc) is 2.55. The van der Waals surface area contributed by atoms with Crippen molar-refractivity contribution in [2.24, 2.45) is 0 Å². The third kappa shape index (κ3) is 6.46. The second kappa shape index (κ2) is 10.8. The van der Waals surface area contributed by atoms with Gasteiger partial charge >= 0.3 is 57.4 Å². The normalized spacial score (nSPS) is 16.0. The van der Waals surface area contributed by atoms with Gasteiger partial charge in [-0.1, -0.05) is 30.2 Å². The number of halogens is 1. The molecule has 0 heterocycles. The van der Waals surface area contributed by atoms with Gasteiger partial charge in [0.15, 0.2) is 12.3 Å². The van der Waals surface area contributed by atoms with E-state index in [1.807, 2.05) is 12.1 Å². The maximum atomic E-state index is 12.3. The van der Waals surface area contributed by atoms with Crippen molar-refractivity contribution in [3.63, 3.8) is 0 Å². The van der Waals surface area contributed by atoms with Gasteiger partial charge < -0.3 is 14.8 Å². The molecule has 2 rings (SSSR count). The van der Waals surface area contributed by atoms with E-state index in [9.17, 15) is 9.59 Å². The fourth-order valence-electron chi connectivity index (χ4n) is 2.61. The number of carbonyl (C=O) groups excluding carboxylic acids is 2. The fourth-order valence-corrected chi connectivity index (χ4v) is 2.73. The number of hydrogen-bond donors (Lipinski definition) is 1. The molecule has 1 aromatic carbocycles. The number of carbonyl (C=O) groups is 2. The Morgan fingerprint density at radius 3 is 2.48 bits per heavy atom. The predicted octanol–water partition coefficient (Wildman–Crippen LogP) is 2.16. The van der Waals surface area contributed by atoms with E-state index in [1.165, 1.54) is 0 Å². The number of rotatable bonds is 7. The summed E-state index contributed by atoms with van der Waals surface area (Å²) >= 11 is 5.86. The van der Waals surface area contributed by atoms with Crippen LogP contribution < -0.4 is 5.32 Å². The standard InChI is InChI=1S/C16H20ClNO4.K.H/c17-14-6-4-13(5-7-14)10-22-16(8-2-1-3-9-16)15(20)21-12-18-11-19;;/h4-7,11H,1-3,8-10,12H2,(H,18,19);;. The first kappa shape index (κ1) is 21.1. The van der Waals surface area contributed by atoms with E-state index in [1.54, 1.807) is 12.1 Å². The van der Waals surface area contributed by atoms with Crippen molar-refractivity contribution in [1.82, 2.24) is 5.32 Å². The molecule has 0 bridgehead atoms. The van der Waals surface area contributed by atoms with E-state index in [0.717, 1.165) is 24.8 Å². The number of esters is 1. The number of benzene rings is 1. The molecule has 122 valence electrons. The first-order valence-electron chi connectivity index (χ1n) is 7.39. The maximum absolute atomic E-state index is 12.3. The van der Waals surface area contributed by atoms with Crippen LogP contribution in [0.15, 0.2) is 24.3 Å². The molecule has 1 fully saturated rings. The molecule has 0 atom stereocenters. The van der Waals surface area contributed by atoms with Crippen LogP contribution in [0.3, 0.4) is 0 Å². The molecule has 5 nitrogen and oxygen atoms in total. The van der Waals surface area contributed by atoms with Gasteiger partial charge in [-0.05, 0) is 43.4 Å². The summed E-state index contributed by atoms with van der Waals surface area (Å²) in [5.41, 5.74) is 0.0378. The van der Waals surface area contributed by atoms with E-state index in [4.69, 9.17) is 21.1 Å². The number of amides is 1. The Kier molecular flexibility index (Phi) is 9.92. The molecule has 0 spiro atoms. The zero-order valence-electron chi connectivity index (χ0n) is 12.3. The van der Waals surface area contributed by atoms with Gasteiger partial charge in [0.25, 0.3) is 0 Å². The predicted molar refractivity (Wildman–Crippen MR) is 89.4 cm³/mol. The quantitative estimate of drug-likeness (QED) is 0.264. The zero-order chi connectivity index (χ0) is 15.8. The molecule has 0 radical (unpaired) electrons. The Balaban J connectivity index is 0.00000264. The van der Waals surface area contributed by atoms with Crippen LogP contribution in [0.25, 0.3) is 0 Å². The van der Waals surface area contributed by atoms with E-state index in [2.05, 4.69) is 5.32 Å². The topological polar surface area (TPSA) is 64.6 Å². The summed E-state index contributed by atoms with van der Waals surface area (Å²) in [6, 6.07) is 7.33. The van der Waals surface area contributed by atoms with Crippen molar-refractivity contribution in [3.8, 4) is 0 Å². The molecule has 1 N–H and O–H groups in total. The zero-order valence-corrected chi connectivity index (χ0v) is 13.1. The van der Waals surface area contributed by atoms with Crippen LogP contribution in [0, 0.1) is 0 Å². The second-order valence-corrected chi connectivity index (χ2v) is 5.80. The van der Waals surface area contributed by atoms with Crippen molar-refractivity contribution < 1.29 is 19.1 Å². The van der Waals surface area contributed by atoms with Gasteiger partial charge in [-0.3, -0.25) is 4.79 Å². The van der Waals surface area contributed by atoms with Gasteiger partial charge in [-0.25, -0.2) is 4.79 Å². The van der Waals surface area contributed by atoms with Crippen molar-refractivity contribution >= 4 is 75.4 Å². The Morgan fingerprint density at radius 2 is 1.87 bits per heavy atom. The number of hydrogen-bond acceptors (Lipinski definition) is 4. The van der Waals surface area contributed by atoms with Crippen molar-refractivity contribution in [2.45, 2.75) is 44.3 Å². The molecule has 1 aliphatic rings. The van der Waals surface area contributed by atoms with Crippen LogP contribution in [0.1, 0.15) is 37.7 Å². The third-order valence-electron chi connectivity index (χ3n) is 3.83. The summed E-state index contributed by atoms with van der Waals surface area (Å²) < 4.78 is 11.1. The van der Waals surface area contributed by atoms with Gasteiger partial charge in [0.05, 0.1) is 6.61 Å². The molecule has 0 aromatic heterocycles. The van der Waals surface area contributed by atoms with Gasteiger partial charge in [0.1, 0.15) is 0 Å². The molecule has 1 amide bonds.